The van der Waals surface area contributed by atoms with Crippen LogP contribution in [0.4, 0.5) is 0 Å². The summed E-state index contributed by atoms with van der Waals surface area (Å²) in [4.78, 5) is 11.3. The van der Waals surface area contributed by atoms with Gasteiger partial charge >= 0.3 is 0 Å². The van der Waals surface area contributed by atoms with Crippen LogP contribution in [0.2, 0.25) is 0 Å². The summed E-state index contributed by atoms with van der Waals surface area (Å²) >= 11 is 0. The van der Waals surface area contributed by atoms with Gasteiger partial charge in [-0.25, -0.2) is 8.42 Å². The van der Waals surface area contributed by atoms with Crippen LogP contribution in [0.5, 0.6) is 0 Å². The summed E-state index contributed by atoms with van der Waals surface area (Å²) in [5.41, 5.74) is 5.21. The number of methoxy groups -OCH3 is 1. The second kappa shape index (κ2) is 4.24. The SMILES string of the molecule is COC(CN)C(=O)NS(=O)(=O)C1CC1. The van der Waals surface area contributed by atoms with E-state index in [-0.39, 0.29) is 6.54 Å². The highest BCUT2D eigenvalue weighted by molar-refractivity contribution is 7.90. The Hall–Kier alpha value is -0.660. The molecule has 0 bridgehead atoms. The number of nitrogens with two attached hydrogens (primary N) is 1. The molecule has 1 amide bonds. The molecule has 0 radical (unpaired) electrons. The van der Waals surface area contributed by atoms with Crippen LogP contribution in [0.1, 0.15) is 12.8 Å². The molecule has 7 heteroatoms. The van der Waals surface area contributed by atoms with Crippen LogP contribution in [0.3, 0.4) is 0 Å². The molecule has 1 rings (SSSR count). The van der Waals surface area contributed by atoms with Gasteiger partial charge in [0.2, 0.25) is 10.0 Å². The lowest BCUT2D eigenvalue weighted by Crippen LogP contribution is -2.44. The van der Waals surface area contributed by atoms with E-state index in [1.807, 2.05) is 4.72 Å². The normalized spacial score (nSPS) is 19.0. The molecule has 3 N–H and O–H groups in total. The van der Waals surface area contributed by atoms with Gasteiger partial charge in [0.25, 0.3) is 5.91 Å². The average Bonchev–Trinajstić information content (AvgIpc) is 2.87. The number of carbonyl (C=O) groups is 1. The predicted octanol–water partition coefficient (Wildman–Crippen LogP) is -1.43. The first-order valence-corrected chi connectivity index (χ1v) is 5.84. The van der Waals surface area contributed by atoms with Gasteiger partial charge in [-0.3, -0.25) is 9.52 Å². The Kier molecular flexibility index (Phi) is 3.46. The van der Waals surface area contributed by atoms with Gasteiger partial charge in [0.05, 0.1) is 5.25 Å². The third kappa shape index (κ3) is 2.66. The number of amides is 1. The smallest absolute Gasteiger partial charge is 0.263 e. The molecule has 6 nitrogen and oxygen atoms in total. The van der Waals surface area contributed by atoms with Gasteiger partial charge in [-0.15, -0.1) is 0 Å². The second-order valence-electron chi connectivity index (χ2n) is 3.17. The molecule has 1 aliphatic carbocycles. The van der Waals surface area contributed by atoms with E-state index in [0.29, 0.717) is 12.8 Å². The first kappa shape index (κ1) is 11.4. The zero-order chi connectivity index (χ0) is 10.8. The van der Waals surface area contributed by atoms with Crippen LogP contribution >= 0.6 is 0 Å². The van der Waals surface area contributed by atoms with Crippen molar-refractivity contribution in [3.05, 3.63) is 0 Å². The lowest BCUT2D eigenvalue weighted by molar-refractivity contribution is -0.128. The molecule has 0 aliphatic heterocycles. The van der Waals surface area contributed by atoms with Gasteiger partial charge in [-0.1, -0.05) is 0 Å². The van der Waals surface area contributed by atoms with Crippen molar-refractivity contribution in [2.75, 3.05) is 13.7 Å². The summed E-state index contributed by atoms with van der Waals surface area (Å²) in [5.74, 6) is -0.693. The molecule has 0 aromatic heterocycles. The lowest BCUT2D eigenvalue weighted by Gasteiger charge is -2.12. The lowest BCUT2D eigenvalue weighted by atomic mass is 10.3. The van der Waals surface area contributed by atoms with Crippen molar-refractivity contribution >= 4 is 15.9 Å². The third-order valence-corrected chi connectivity index (χ3v) is 3.83. The monoisotopic (exact) mass is 222 g/mol. The molecule has 1 atom stereocenters. The summed E-state index contributed by atoms with van der Waals surface area (Å²) in [6.07, 6.45) is 0.328. The average molecular weight is 222 g/mol. The molecule has 0 spiro atoms. The van der Waals surface area contributed by atoms with E-state index in [4.69, 9.17) is 10.5 Å². The van der Waals surface area contributed by atoms with Crippen LogP contribution in [0, 0.1) is 0 Å². The molecular weight excluding hydrogens is 208 g/mol. The Bertz CT molecular complexity index is 306. The van der Waals surface area contributed by atoms with E-state index in [0.717, 1.165) is 0 Å². The minimum Gasteiger partial charge on any atom is -0.370 e. The van der Waals surface area contributed by atoms with Crippen LogP contribution in [0.25, 0.3) is 0 Å². The summed E-state index contributed by atoms with van der Waals surface area (Å²) < 4.78 is 29.3. The minimum atomic E-state index is -3.49. The van der Waals surface area contributed by atoms with Gasteiger partial charge in [-0.2, -0.15) is 0 Å². The molecule has 0 aromatic carbocycles. The Labute approximate surface area is 82.8 Å². The highest BCUT2D eigenvalue weighted by atomic mass is 32.2. The van der Waals surface area contributed by atoms with Crippen LogP contribution in [-0.2, 0) is 19.6 Å². The maximum Gasteiger partial charge on any atom is 0.263 e. The fourth-order valence-electron chi connectivity index (χ4n) is 0.978. The quantitative estimate of drug-likeness (QED) is 0.594. The van der Waals surface area contributed by atoms with E-state index < -0.39 is 27.3 Å². The molecule has 14 heavy (non-hydrogen) atoms. The van der Waals surface area contributed by atoms with E-state index in [9.17, 15) is 13.2 Å². The van der Waals surface area contributed by atoms with Crippen molar-refractivity contribution < 1.29 is 17.9 Å². The molecule has 0 saturated heterocycles. The Morgan fingerprint density at radius 2 is 2.21 bits per heavy atom. The highest BCUT2D eigenvalue weighted by Crippen LogP contribution is 2.27. The molecule has 1 aliphatic rings. The highest BCUT2D eigenvalue weighted by Gasteiger charge is 2.37. The molecule has 1 saturated carbocycles. The van der Waals surface area contributed by atoms with Gasteiger partial charge in [-0.05, 0) is 12.8 Å². The van der Waals surface area contributed by atoms with Gasteiger partial charge in [0.15, 0.2) is 0 Å². The van der Waals surface area contributed by atoms with Crippen molar-refractivity contribution in [3.63, 3.8) is 0 Å². The molecule has 1 unspecified atom stereocenters. The topological polar surface area (TPSA) is 98.5 Å². The zero-order valence-corrected chi connectivity index (χ0v) is 8.71. The number of carbonyl (C=O) groups excluding carboxylic acids is 1. The number of rotatable bonds is 5. The molecule has 0 aromatic rings. The van der Waals surface area contributed by atoms with Gasteiger partial charge in [0, 0.05) is 13.7 Å². The van der Waals surface area contributed by atoms with E-state index in [2.05, 4.69) is 0 Å². The van der Waals surface area contributed by atoms with E-state index in [1.165, 1.54) is 7.11 Å². The molecule has 82 valence electrons. The second-order valence-corrected chi connectivity index (χ2v) is 5.13. The first-order valence-electron chi connectivity index (χ1n) is 4.29. The predicted molar refractivity (Wildman–Crippen MR) is 49.9 cm³/mol. The fraction of sp³-hybridized carbons (Fsp3) is 0.857. The fourth-order valence-corrected chi connectivity index (χ4v) is 2.31. The number of nitrogens with one attached hydrogen (secondary N) is 1. The van der Waals surface area contributed by atoms with Crippen LogP contribution in [0.15, 0.2) is 0 Å². The third-order valence-electron chi connectivity index (χ3n) is 2.00. The molecular formula is C7H14N2O4S. The van der Waals surface area contributed by atoms with Gasteiger partial charge in [0.1, 0.15) is 6.10 Å². The summed E-state index contributed by atoms with van der Waals surface area (Å²) in [6.45, 7) is -0.0392. The Morgan fingerprint density at radius 1 is 1.64 bits per heavy atom. The standard InChI is InChI=1S/C7H14N2O4S/c1-13-6(4-8)7(10)9-14(11,12)5-2-3-5/h5-6H,2-4,8H2,1H3,(H,9,10). The van der Waals surface area contributed by atoms with Crippen molar-refractivity contribution in [1.29, 1.82) is 0 Å². The summed E-state index contributed by atoms with van der Waals surface area (Å²) in [5, 5.41) is -0.415. The molecule has 0 heterocycles. The largest absolute Gasteiger partial charge is 0.370 e. The number of hydrogen-bond donors (Lipinski definition) is 2. The number of sulfonamides is 1. The summed E-state index contributed by atoms with van der Waals surface area (Å²) in [6, 6.07) is 0. The Morgan fingerprint density at radius 3 is 2.57 bits per heavy atom. The van der Waals surface area contributed by atoms with Gasteiger partial charge < -0.3 is 10.5 Å². The van der Waals surface area contributed by atoms with E-state index in [1.54, 1.807) is 0 Å². The van der Waals surface area contributed by atoms with Crippen LogP contribution in [-0.4, -0.2) is 39.3 Å². The van der Waals surface area contributed by atoms with Crippen molar-refractivity contribution in [3.8, 4) is 0 Å². The maximum absolute atomic E-state index is 11.3. The van der Waals surface area contributed by atoms with Crippen molar-refractivity contribution in [2.24, 2.45) is 5.73 Å². The van der Waals surface area contributed by atoms with Crippen molar-refractivity contribution in [1.82, 2.24) is 4.72 Å². The van der Waals surface area contributed by atoms with Crippen LogP contribution < -0.4 is 10.5 Å². The van der Waals surface area contributed by atoms with Crippen molar-refractivity contribution in [2.45, 2.75) is 24.2 Å². The maximum atomic E-state index is 11.3. The first-order chi connectivity index (χ1) is 6.51. The Balaban J connectivity index is 2.55. The zero-order valence-electron chi connectivity index (χ0n) is 7.89. The molecule has 1 fully saturated rings. The number of ether oxygens (including phenoxy) is 1. The van der Waals surface area contributed by atoms with E-state index >= 15 is 0 Å². The number of hydrogen-bond acceptors (Lipinski definition) is 5. The summed E-state index contributed by atoms with van der Waals surface area (Å²) in [7, 11) is -2.18. The minimum absolute atomic E-state index is 0.0392.